The van der Waals surface area contributed by atoms with E-state index in [1.807, 2.05) is 66.4 Å². The predicted octanol–water partition coefficient (Wildman–Crippen LogP) is 2.80. The average Bonchev–Trinajstić information content (AvgIpc) is 2.75. The van der Waals surface area contributed by atoms with Gasteiger partial charge in [-0.15, -0.1) is 0 Å². The first-order valence-electron chi connectivity index (χ1n) is 10.2. The third-order valence-corrected chi connectivity index (χ3v) is 5.03. The number of hydrogen-bond acceptors (Lipinski definition) is 4. The molecule has 1 fully saturated rings. The lowest BCUT2D eigenvalue weighted by molar-refractivity contribution is -0.132. The van der Waals surface area contributed by atoms with Gasteiger partial charge in [-0.3, -0.25) is 14.5 Å². The molecule has 2 aromatic rings. The molecule has 0 unspecified atom stereocenters. The van der Waals surface area contributed by atoms with E-state index >= 15 is 0 Å². The van der Waals surface area contributed by atoms with E-state index in [1.165, 1.54) is 0 Å². The molecule has 2 amide bonds. The van der Waals surface area contributed by atoms with Crippen LogP contribution in [0, 0.1) is 0 Å². The minimum absolute atomic E-state index is 0.0187. The monoisotopic (exact) mass is 395 g/mol. The Morgan fingerprint density at radius 2 is 1.66 bits per heavy atom. The number of benzene rings is 2. The summed E-state index contributed by atoms with van der Waals surface area (Å²) < 4.78 is 5.44. The van der Waals surface area contributed by atoms with Gasteiger partial charge >= 0.3 is 0 Å². The normalized spacial score (nSPS) is 14.4. The molecular formula is C23H29N3O3. The Labute approximate surface area is 172 Å². The van der Waals surface area contributed by atoms with Crippen molar-refractivity contribution in [2.45, 2.75) is 19.8 Å². The van der Waals surface area contributed by atoms with Crippen molar-refractivity contribution in [3.63, 3.8) is 0 Å². The highest BCUT2D eigenvalue weighted by molar-refractivity contribution is 5.90. The fraction of sp³-hybridized carbons (Fsp3) is 0.391. The molecule has 0 bridgehead atoms. The lowest BCUT2D eigenvalue weighted by atomic mass is 10.1. The largest absolute Gasteiger partial charge is 0.494 e. The van der Waals surface area contributed by atoms with E-state index in [0.717, 1.165) is 30.1 Å². The highest BCUT2D eigenvalue weighted by Gasteiger charge is 2.21. The standard InChI is InChI=1S/C23H29N3O3/c1-2-29-21-10-8-19(9-11-21)18-23(28)26-16-14-25(15-17-26)13-12-22(27)24-20-6-4-3-5-7-20/h3-11H,2,12-18H2,1H3,(H,24,27). The van der Waals surface area contributed by atoms with Crippen LogP contribution in [0.4, 0.5) is 5.69 Å². The number of piperazine rings is 1. The number of nitrogens with zero attached hydrogens (tertiary/aromatic N) is 2. The number of carbonyl (C=O) groups excluding carboxylic acids is 2. The maximum Gasteiger partial charge on any atom is 0.227 e. The van der Waals surface area contributed by atoms with Gasteiger partial charge in [0.25, 0.3) is 0 Å². The quantitative estimate of drug-likeness (QED) is 0.747. The van der Waals surface area contributed by atoms with Crippen molar-refractivity contribution in [1.29, 1.82) is 0 Å². The lowest BCUT2D eigenvalue weighted by Crippen LogP contribution is -2.49. The highest BCUT2D eigenvalue weighted by Crippen LogP contribution is 2.14. The molecule has 6 heteroatoms. The van der Waals surface area contributed by atoms with E-state index in [1.54, 1.807) is 0 Å². The van der Waals surface area contributed by atoms with Crippen molar-refractivity contribution in [3.8, 4) is 5.75 Å². The maximum atomic E-state index is 12.6. The Balaban J connectivity index is 1.37. The molecule has 0 aromatic heterocycles. The Hall–Kier alpha value is -2.86. The van der Waals surface area contributed by atoms with E-state index in [-0.39, 0.29) is 11.8 Å². The van der Waals surface area contributed by atoms with E-state index in [9.17, 15) is 9.59 Å². The van der Waals surface area contributed by atoms with E-state index in [4.69, 9.17) is 4.74 Å². The van der Waals surface area contributed by atoms with Crippen LogP contribution in [0.2, 0.25) is 0 Å². The van der Waals surface area contributed by atoms with Crippen molar-refractivity contribution >= 4 is 17.5 Å². The summed E-state index contributed by atoms with van der Waals surface area (Å²) in [4.78, 5) is 28.8. The molecule has 0 radical (unpaired) electrons. The van der Waals surface area contributed by atoms with Gasteiger partial charge in [0.15, 0.2) is 0 Å². The van der Waals surface area contributed by atoms with Crippen LogP contribution in [0.5, 0.6) is 5.75 Å². The van der Waals surface area contributed by atoms with Gasteiger partial charge in [-0.1, -0.05) is 30.3 Å². The smallest absolute Gasteiger partial charge is 0.227 e. The summed E-state index contributed by atoms with van der Waals surface area (Å²) in [5.74, 6) is 0.995. The van der Waals surface area contributed by atoms with Gasteiger partial charge in [-0.2, -0.15) is 0 Å². The molecule has 2 aromatic carbocycles. The van der Waals surface area contributed by atoms with Crippen LogP contribution in [0.25, 0.3) is 0 Å². The summed E-state index contributed by atoms with van der Waals surface area (Å²) in [6.45, 7) is 6.30. The third-order valence-electron chi connectivity index (χ3n) is 5.03. The zero-order valence-electron chi connectivity index (χ0n) is 17.0. The SMILES string of the molecule is CCOc1ccc(CC(=O)N2CCN(CCC(=O)Nc3ccccc3)CC2)cc1. The second kappa shape index (κ2) is 10.6. The van der Waals surface area contributed by atoms with Gasteiger partial charge in [0, 0.05) is 44.8 Å². The van der Waals surface area contributed by atoms with Crippen molar-refractivity contribution in [2.75, 3.05) is 44.6 Å². The zero-order chi connectivity index (χ0) is 20.5. The average molecular weight is 396 g/mol. The Kier molecular flexibility index (Phi) is 7.64. The number of ether oxygens (including phenoxy) is 1. The first kappa shape index (κ1) is 20.9. The number of hydrogen-bond donors (Lipinski definition) is 1. The Bertz CT molecular complexity index is 785. The number of amides is 2. The van der Waals surface area contributed by atoms with E-state index in [0.29, 0.717) is 39.1 Å². The Morgan fingerprint density at radius 1 is 0.966 bits per heavy atom. The van der Waals surface area contributed by atoms with Crippen molar-refractivity contribution < 1.29 is 14.3 Å². The van der Waals surface area contributed by atoms with Crippen LogP contribution in [-0.4, -0.2) is 60.9 Å². The fourth-order valence-corrected chi connectivity index (χ4v) is 3.38. The van der Waals surface area contributed by atoms with Gasteiger partial charge in [0.1, 0.15) is 5.75 Å². The van der Waals surface area contributed by atoms with Crippen molar-refractivity contribution in [2.24, 2.45) is 0 Å². The number of nitrogens with one attached hydrogen (secondary N) is 1. The lowest BCUT2D eigenvalue weighted by Gasteiger charge is -2.34. The van der Waals surface area contributed by atoms with Gasteiger partial charge in [0.2, 0.25) is 11.8 Å². The van der Waals surface area contributed by atoms with Gasteiger partial charge in [0.05, 0.1) is 13.0 Å². The maximum absolute atomic E-state index is 12.6. The van der Waals surface area contributed by atoms with Crippen LogP contribution in [0.15, 0.2) is 54.6 Å². The van der Waals surface area contributed by atoms with Crippen molar-refractivity contribution in [1.82, 2.24) is 9.80 Å². The second-order valence-electron chi connectivity index (χ2n) is 7.14. The molecule has 1 aliphatic rings. The van der Waals surface area contributed by atoms with Crippen LogP contribution in [0.3, 0.4) is 0 Å². The number of anilines is 1. The first-order valence-corrected chi connectivity index (χ1v) is 10.2. The van der Waals surface area contributed by atoms with Gasteiger partial charge in [-0.25, -0.2) is 0 Å². The predicted molar refractivity (Wildman–Crippen MR) is 114 cm³/mol. The minimum atomic E-state index is 0.0187. The highest BCUT2D eigenvalue weighted by atomic mass is 16.5. The molecule has 0 spiro atoms. The fourth-order valence-electron chi connectivity index (χ4n) is 3.38. The molecule has 29 heavy (non-hydrogen) atoms. The van der Waals surface area contributed by atoms with Crippen LogP contribution in [0.1, 0.15) is 18.9 Å². The van der Waals surface area contributed by atoms with Crippen LogP contribution < -0.4 is 10.1 Å². The molecule has 0 aliphatic carbocycles. The molecule has 154 valence electrons. The molecule has 1 saturated heterocycles. The van der Waals surface area contributed by atoms with Crippen molar-refractivity contribution in [3.05, 3.63) is 60.2 Å². The molecule has 0 atom stereocenters. The summed E-state index contributed by atoms with van der Waals surface area (Å²) in [5.41, 5.74) is 1.82. The summed E-state index contributed by atoms with van der Waals surface area (Å²) in [6.07, 6.45) is 0.862. The van der Waals surface area contributed by atoms with E-state index < -0.39 is 0 Å². The van der Waals surface area contributed by atoms with E-state index in [2.05, 4.69) is 10.2 Å². The first-order chi connectivity index (χ1) is 14.1. The number of carbonyl (C=O) groups is 2. The molecule has 1 heterocycles. The van der Waals surface area contributed by atoms with Gasteiger partial charge in [-0.05, 0) is 36.8 Å². The molecule has 0 saturated carbocycles. The summed E-state index contributed by atoms with van der Waals surface area (Å²) >= 11 is 0. The second-order valence-corrected chi connectivity index (χ2v) is 7.14. The van der Waals surface area contributed by atoms with Crippen LogP contribution >= 0.6 is 0 Å². The molecule has 3 rings (SSSR count). The number of rotatable bonds is 8. The number of para-hydroxylation sites is 1. The van der Waals surface area contributed by atoms with Crippen LogP contribution in [-0.2, 0) is 16.0 Å². The summed E-state index contributed by atoms with van der Waals surface area (Å²) in [6, 6.07) is 17.2. The molecule has 1 aliphatic heterocycles. The third kappa shape index (κ3) is 6.61. The minimum Gasteiger partial charge on any atom is -0.494 e. The Morgan fingerprint density at radius 3 is 2.31 bits per heavy atom. The zero-order valence-corrected chi connectivity index (χ0v) is 17.0. The topological polar surface area (TPSA) is 61.9 Å². The summed E-state index contributed by atoms with van der Waals surface area (Å²) in [7, 11) is 0. The molecule has 1 N–H and O–H groups in total. The van der Waals surface area contributed by atoms with Gasteiger partial charge < -0.3 is 15.0 Å². The molecular weight excluding hydrogens is 366 g/mol. The summed E-state index contributed by atoms with van der Waals surface area (Å²) in [5, 5.41) is 2.91. The molecule has 6 nitrogen and oxygen atoms in total.